The fourth-order valence-electron chi connectivity index (χ4n) is 5.39. The van der Waals surface area contributed by atoms with E-state index in [0.29, 0.717) is 50.7 Å². The van der Waals surface area contributed by atoms with Crippen LogP contribution < -0.4 is 4.74 Å². The van der Waals surface area contributed by atoms with Gasteiger partial charge in [0, 0.05) is 11.3 Å². The molecule has 3 aromatic rings. The Kier molecular flexibility index (Phi) is 12.1. The molecule has 0 aliphatic heterocycles. The lowest BCUT2D eigenvalue weighted by atomic mass is 9.85. The summed E-state index contributed by atoms with van der Waals surface area (Å²) in [6.45, 7) is 0. The molecule has 40 heavy (non-hydrogen) atoms. The summed E-state index contributed by atoms with van der Waals surface area (Å²) in [6.07, 6.45) is 8.26. The molecule has 1 heterocycles. The molecular formula is C32H38O5S3. The Balaban J connectivity index is 1.14. The van der Waals surface area contributed by atoms with Gasteiger partial charge in [0.2, 0.25) is 0 Å². The highest BCUT2D eigenvalue weighted by atomic mass is 32.9. The van der Waals surface area contributed by atoms with E-state index in [4.69, 9.17) is 17.0 Å². The van der Waals surface area contributed by atoms with Crippen molar-refractivity contribution < 1.29 is 24.9 Å². The van der Waals surface area contributed by atoms with E-state index in [1.165, 1.54) is 5.56 Å². The zero-order chi connectivity index (χ0) is 28.3. The highest BCUT2D eigenvalue weighted by Gasteiger charge is 2.40. The normalized spacial score (nSPS) is 21.6. The van der Waals surface area contributed by atoms with Crippen LogP contribution in [0.3, 0.4) is 0 Å². The van der Waals surface area contributed by atoms with Gasteiger partial charge in [0.1, 0.15) is 9.57 Å². The van der Waals surface area contributed by atoms with Crippen LogP contribution in [0, 0.1) is 15.7 Å². The van der Waals surface area contributed by atoms with Gasteiger partial charge in [-0.3, -0.25) is 4.79 Å². The van der Waals surface area contributed by atoms with Crippen LogP contribution in [0.4, 0.5) is 0 Å². The molecule has 0 spiro atoms. The van der Waals surface area contributed by atoms with Crippen molar-refractivity contribution in [2.75, 3.05) is 0 Å². The molecule has 5 atom stereocenters. The average Bonchev–Trinajstić information content (AvgIpc) is 3.50. The molecule has 8 heteroatoms. The first-order chi connectivity index (χ1) is 19.4. The molecule has 3 N–H and O–H groups in total. The maximum absolute atomic E-state index is 12.3. The van der Waals surface area contributed by atoms with Gasteiger partial charge >= 0.3 is 5.97 Å². The third-order valence-electron chi connectivity index (χ3n) is 7.62. The van der Waals surface area contributed by atoms with Crippen LogP contribution in [0.1, 0.15) is 56.9 Å². The van der Waals surface area contributed by atoms with Crippen molar-refractivity contribution in [3.63, 3.8) is 0 Å². The predicted molar refractivity (Wildman–Crippen MR) is 165 cm³/mol. The molecule has 1 aliphatic carbocycles. The van der Waals surface area contributed by atoms with E-state index >= 15 is 0 Å². The summed E-state index contributed by atoms with van der Waals surface area (Å²) < 4.78 is 6.33. The van der Waals surface area contributed by atoms with Crippen molar-refractivity contribution in [1.29, 1.82) is 0 Å². The lowest BCUT2D eigenvalue weighted by Crippen LogP contribution is -2.23. The molecule has 1 saturated carbocycles. The molecule has 0 saturated heterocycles. The Hall–Kier alpha value is -2.20. The van der Waals surface area contributed by atoms with Crippen molar-refractivity contribution in [3.05, 3.63) is 82.2 Å². The zero-order valence-corrected chi connectivity index (χ0v) is 25.0. The van der Waals surface area contributed by atoms with E-state index in [1.807, 2.05) is 42.5 Å². The van der Waals surface area contributed by atoms with E-state index < -0.39 is 18.3 Å². The Morgan fingerprint density at radius 2 is 1.75 bits per heavy atom. The number of benzene rings is 2. The number of esters is 1. The minimum atomic E-state index is -0.538. The number of unbranched alkanes of at least 4 members (excludes halogenated alkanes) is 1. The van der Waals surface area contributed by atoms with Crippen LogP contribution in [0.15, 0.2) is 72.8 Å². The second-order valence-corrected chi connectivity index (χ2v) is 13.5. The van der Waals surface area contributed by atoms with E-state index in [0.717, 1.165) is 27.1 Å². The van der Waals surface area contributed by atoms with Crippen LogP contribution >= 0.6 is 32.9 Å². The highest BCUT2D eigenvalue weighted by molar-refractivity contribution is 7.80. The Labute approximate surface area is 249 Å². The number of carbonyl (C=O) groups excluding carboxylic acids is 1. The van der Waals surface area contributed by atoms with Gasteiger partial charge in [0.15, 0.2) is 0 Å². The molecule has 1 aliphatic rings. The van der Waals surface area contributed by atoms with E-state index in [9.17, 15) is 20.1 Å². The van der Waals surface area contributed by atoms with Crippen LogP contribution in [0.25, 0.3) is 10.4 Å². The van der Waals surface area contributed by atoms with Crippen LogP contribution in [0.2, 0.25) is 0 Å². The number of carbonyl (C=O) groups is 1. The second-order valence-electron chi connectivity index (χ2n) is 10.5. The zero-order valence-electron chi connectivity index (χ0n) is 22.6. The van der Waals surface area contributed by atoms with Gasteiger partial charge in [0.05, 0.1) is 18.3 Å². The van der Waals surface area contributed by atoms with Crippen molar-refractivity contribution >= 4 is 38.9 Å². The molecule has 5 nitrogen and oxygen atoms in total. The van der Waals surface area contributed by atoms with E-state index in [1.54, 1.807) is 32.8 Å². The Morgan fingerprint density at radius 3 is 2.48 bits per heavy atom. The topological polar surface area (TPSA) is 87.0 Å². The fourth-order valence-corrected chi connectivity index (χ4v) is 7.79. The first-order valence-electron chi connectivity index (χ1n) is 14.0. The van der Waals surface area contributed by atoms with Crippen molar-refractivity contribution in [2.24, 2.45) is 11.8 Å². The molecule has 2 unspecified atom stereocenters. The lowest BCUT2D eigenvalue weighted by molar-refractivity contribution is -0.134. The van der Waals surface area contributed by atoms with E-state index in [2.05, 4.69) is 18.2 Å². The lowest BCUT2D eigenvalue weighted by Gasteiger charge is -2.23. The Morgan fingerprint density at radius 1 is 1.00 bits per heavy atom. The molecule has 0 radical (unpaired) electrons. The van der Waals surface area contributed by atoms with Gasteiger partial charge in [-0.05, 0) is 105 Å². The first kappa shape index (κ1) is 30.8. The number of aliphatic hydroxyl groups excluding tert-OH is 3. The van der Waals surface area contributed by atoms with Crippen molar-refractivity contribution in [3.8, 4) is 16.2 Å². The molecule has 0 bridgehead atoms. The average molecular weight is 599 g/mol. The number of rotatable bonds is 14. The summed E-state index contributed by atoms with van der Waals surface area (Å²) in [4.78, 5) is 13.4. The standard InChI is InChI=1S/C32H38O5S3/c33-24(15-12-22-8-4-3-5-9-22)16-19-27-26(28(34)20-29(27)35)10-6-1-2-7-11-31(36)37-25-17-13-23(14-18-25)30-21-32(38)40-39-30/h1,3-6,8-9,13-14,17-18,21,24,26-29,33-35H,2,7,10-12,15-16,19-20H2/b6-1-/t24-,26?,27+,28-,29?/m0/s1. The molecule has 4 rings (SSSR count). The van der Waals surface area contributed by atoms with E-state index in [-0.39, 0.29) is 17.8 Å². The monoisotopic (exact) mass is 598 g/mol. The summed E-state index contributed by atoms with van der Waals surface area (Å²) in [5.41, 5.74) is 2.27. The van der Waals surface area contributed by atoms with Gasteiger partial charge in [-0.15, -0.1) is 0 Å². The highest BCUT2D eigenvalue weighted by Crippen LogP contribution is 2.38. The molecule has 2 aromatic carbocycles. The van der Waals surface area contributed by atoms with Gasteiger partial charge in [-0.2, -0.15) is 0 Å². The van der Waals surface area contributed by atoms with Crippen LogP contribution in [0.5, 0.6) is 5.75 Å². The number of ether oxygens (including phenoxy) is 1. The second kappa shape index (κ2) is 15.7. The number of hydrogen-bond acceptors (Lipinski definition) is 8. The van der Waals surface area contributed by atoms with Gasteiger partial charge in [0.25, 0.3) is 0 Å². The summed E-state index contributed by atoms with van der Waals surface area (Å²) in [7, 11) is 3.21. The Bertz CT molecular complexity index is 1270. The molecule has 214 valence electrons. The third-order valence-corrected chi connectivity index (χ3v) is 10.5. The number of aliphatic hydroxyl groups is 3. The minimum Gasteiger partial charge on any atom is -0.427 e. The SMILES string of the molecule is O=C(CCC/C=C\CC1[C@@H](CC[C@@H](O)CCc2ccccc2)C(O)C[C@@H]1O)Oc1ccc(-c2cc(=S)ss2)cc1. The maximum Gasteiger partial charge on any atom is 0.311 e. The first-order valence-corrected chi connectivity index (χ1v) is 16.6. The number of allylic oxidation sites excluding steroid dienone is 2. The smallest absolute Gasteiger partial charge is 0.311 e. The molecule has 1 aromatic heterocycles. The number of aryl methyl sites for hydroxylation is 1. The molecule has 0 amide bonds. The number of hydrogen-bond donors (Lipinski definition) is 3. The maximum atomic E-state index is 12.3. The van der Waals surface area contributed by atoms with Gasteiger partial charge < -0.3 is 20.1 Å². The quantitative estimate of drug-likeness (QED) is 0.0449. The molecular weight excluding hydrogens is 561 g/mol. The fraction of sp³-hybridized carbons (Fsp3) is 0.438. The van der Waals surface area contributed by atoms with Crippen molar-refractivity contribution in [1.82, 2.24) is 0 Å². The summed E-state index contributed by atoms with van der Waals surface area (Å²) in [5, 5.41) is 31.5. The predicted octanol–water partition coefficient (Wildman–Crippen LogP) is 7.36. The van der Waals surface area contributed by atoms with Crippen LogP contribution in [-0.2, 0) is 11.2 Å². The third kappa shape index (κ3) is 9.43. The summed E-state index contributed by atoms with van der Waals surface area (Å²) in [5.74, 6) is 0.236. The molecule has 1 fully saturated rings. The summed E-state index contributed by atoms with van der Waals surface area (Å²) in [6, 6.07) is 19.6. The van der Waals surface area contributed by atoms with Gasteiger partial charge in [-0.25, -0.2) is 0 Å². The van der Waals surface area contributed by atoms with Gasteiger partial charge in [-0.1, -0.05) is 75.4 Å². The van der Waals surface area contributed by atoms with Crippen molar-refractivity contribution in [2.45, 2.75) is 76.1 Å². The van der Waals surface area contributed by atoms with Crippen LogP contribution in [-0.4, -0.2) is 39.6 Å². The minimum absolute atomic E-state index is 0.0203. The summed E-state index contributed by atoms with van der Waals surface area (Å²) >= 11 is 5.19. The largest absolute Gasteiger partial charge is 0.427 e.